The Labute approximate surface area is 160 Å². The third-order valence-electron chi connectivity index (χ3n) is 4.81. The minimum absolute atomic E-state index is 0.00492. The van der Waals surface area contributed by atoms with Crippen LogP contribution in [0.5, 0.6) is 0 Å². The van der Waals surface area contributed by atoms with Crippen molar-refractivity contribution in [2.24, 2.45) is 5.92 Å². The number of nitrogens with one attached hydrogen (secondary N) is 1. The molecule has 28 heavy (non-hydrogen) atoms. The Kier molecular flexibility index (Phi) is 3.93. The van der Waals surface area contributed by atoms with Crippen molar-refractivity contribution < 1.29 is 4.79 Å². The summed E-state index contributed by atoms with van der Waals surface area (Å²) in [7, 11) is 0. The summed E-state index contributed by atoms with van der Waals surface area (Å²) >= 11 is 0. The van der Waals surface area contributed by atoms with Crippen molar-refractivity contribution in [3.05, 3.63) is 67.4 Å². The second-order valence-corrected chi connectivity index (χ2v) is 6.69. The van der Waals surface area contributed by atoms with E-state index in [1.165, 1.54) is 6.33 Å². The first-order valence-corrected chi connectivity index (χ1v) is 8.99. The van der Waals surface area contributed by atoms with Gasteiger partial charge in [0.25, 0.3) is 0 Å². The third kappa shape index (κ3) is 3.05. The van der Waals surface area contributed by atoms with Gasteiger partial charge in [-0.05, 0) is 18.2 Å². The minimum Gasteiger partial charge on any atom is -0.355 e. The van der Waals surface area contributed by atoms with Crippen LogP contribution >= 0.6 is 0 Å². The summed E-state index contributed by atoms with van der Waals surface area (Å²) in [5, 5.41) is 8.15. The molecule has 0 unspecified atom stereocenters. The molecule has 1 fully saturated rings. The zero-order chi connectivity index (χ0) is 18.9. The fourth-order valence-electron chi connectivity index (χ4n) is 3.25. The smallest absolute Gasteiger partial charge is 0.231 e. The SMILES string of the molecule is O=C(Nc1cnc2ccccc2c1)C1CN(c2cc(-n3cccn3)ncn2)C1. The van der Waals surface area contributed by atoms with E-state index in [4.69, 9.17) is 0 Å². The van der Waals surface area contributed by atoms with Gasteiger partial charge in [0.15, 0.2) is 5.82 Å². The summed E-state index contributed by atoms with van der Waals surface area (Å²) in [4.78, 5) is 27.5. The first kappa shape index (κ1) is 16.4. The number of aromatic nitrogens is 5. The van der Waals surface area contributed by atoms with Crippen LogP contribution < -0.4 is 10.2 Å². The quantitative estimate of drug-likeness (QED) is 0.592. The Morgan fingerprint density at radius 2 is 1.89 bits per heavy atom. The molecule has 0 spiro atoms. The van der Waals surface area contributed by atoms with Gasteiger partial charge in [0.1, 0.15) is 12.1 Å². The molecule has 4 heterocycles. The molecule has 0 atom stereocenters. The van der Waals surface area contributed by atoms with Gasteiger partial charge in [0, 0.05) is 36.9 Å². The Morgan fingerprint density at radius 1 is 1.04 bits per heavy atom. The molecule has 1 amide bonds. The fraction of sp³-hybridized carbons (Fsp3) is 0.150. The van der Waals surface area contributed by atoms with Crippen LogP contribution in [0.4, 0.5) is 11.5 Å². The zero-order valence-electron chi connectivity index (χ0n) is 14.9. The topological polar surface area (TPSA) is 88.8 Å². The Hall–Kier alpha value is -3.81. The maximum atomic E-state index is 12.5. The molecule has 0 bridgehead atoms. The lowest BCUT2D eigenvalue weighted by molar-refractivity contribution is -0.120. The number of nitrogens with zero attached hydrogens (tertiary/aromatic N) is 6. The molecule has 3 aromatic heterocycles. The highest BCUT2D eigenvalue weighted by Gasteiger charge is 2.33. The zero-order valence-corrected chi connectivity index (χ0v) is 14.9. The van der Waals surface area contributed by atoms with Crippen LogP contribution in [0, 0.1) is 5.92 Å². The van der Waals surface area contributed by atoms with Gasteiger partial charge >= 0.3 is 0 Å². The molecule has 8 heteroatoms. The van der Waals surface area contributed by atoms with Crippen LogP contribution in [0.3, 0.4) is 0 Å². The molecule has 1 aliphatic rings. The third-order valence-corrected chi connectivity index (χ3v) is 4.81. The van der Waals surface area contributed by atoms with Gasteiger partial charge < -0.3 is 10.2 Å². The van der Waals surface area contributed by atoms with Gasteiger partial charge in [0.2, 0.25) is 5.91 Å². The normalized spacial score (nSPS) is 14.1. The molecule has 0 saturated carbocycles. The van der Waals surface area contributed by atoms with Crippen molar-refractivity contribution in [1.29, 1.82) is 0 Å². The number of amides is 1. The molecule has 138 valence electrons. The monoisotopic (exact) mass is 371 g/mol. The van der Waals surface area contributed by atoms with Crippen LogP contribution in [-0.4, -0.2) is 43.7 Å². The number of carbonyl (C=O) groups is 1. The van der Waals surface area contributed by atoms with Crippen molar-refractivity contribution in [2.45, 2.75) is 0 Å². The van der Waals surface area contributed by atoms with Crippen molar-refractivity contribution in [3.8, 4) is 5.82 Å². The summed E-state index contributed by atoms with van der Waals surface area (Å²) in [5.74, 6) is 1.39. The van der Waals surface area contributed by atoms with Gasteiger partial charge in [-0.15, -0.1) is 0 Å². The van der Waals surface area contributed by atoms with E-state index in [2.05, 4.69) is 30.3 Å². The van der Waals surface area contributed by atoms with Crippen molar-refractivity contribution >= 4 is 28.3 Å². The number of para-hydroxylation sites is 1. The number of fused-ring (bicyclic) bond motifs is 1. The molecule has 0 aliphatic carbocycles. The fourth-order valence-corrected chi connectivity index (χ4v) is 3.25. The number of anilines is 2. The van der Waals surface area contributed by atoms with Crippen molar-refractivity contribution in [1.82, 2.24) is 24.7 Å². The van der Waals surface area contributed by atoms with E-state index in [-0.39, 0.29) is 11.8 Å². The highest BCUT2D eigenvalue weighted by molar-refractivity contribution is 5.96. The molecule has 1 aliphatic heterocycles. The summed E-state index contributed by atoms with van der Waals surface area (Å²) in [6.45, 7) is 1.23. The largest absolute Gasteiger partial charge is 0.355 e. The summed E-state index contributed by atoms with van der Waals surface area (Å²) < 4.78 is 1.68. The molecular weight excluding hydrogens is 354 g/mol. The van der Waals surface area contributed by atoms with Gasteiger partial charge in [-0.25, -0.2) is 14.6 Å². The van der Waals surface area contributed by atoms with Crippen LogP contribution in [0.2, 0.25) is 0 Å². The maximum Gasteiger partial charge on any atom is 0.231 e. The minimum atomic E-state index is -0.0883. The average molecular weight is 371 g/mol. The summed E-state index contributed by atoms with van der Waals surface area (Å²) in [6, 6.07) is 13.5. The Morgan fingerprint density at radius 3 is 2.75 bits per heavy atom. The van der Waals surface area contributed by atoms with Crippen LogP contribution in [-0.2, 0) is 4.79 Å². The van der Waals surface area contributed by atoms with Crippen molar-refractivity contribution in [3.63, 3.8) is 0 Å². The molecule has 5 rings (SSSR count). The van der Waals surface area contributed by atoms with Gasteiger partial charge in [-0.3, -0.25) is 9.78 Å². The standard InChI is InChI=1S/C20H17N7O/c28-20(25-16-8-14-4-1-2-5-17(14)21-10-16)15-11-26(12-15)18-9-19(23-13-22-18)27-7-3-6-24-27/h1-10,13,15H,11-12H2,(H,25,28). The number of carbonyl (C=O) groups excluding carboxylic acids is 1. The number of rotatable bonds is 4. The lowest BCUT2D eigenvalue weighted by atomic mass is 9.99. The summed E-state index contributed by atoms with van der Waals surface area (Å²) in [5.41, 5.74) is 1.62. The predicted molar refractivity (Wildman–Crippen MR) is 105 cm³/mol. The predicted octanol–water partition coefficient (Wildman–Crippen LogP) is 2.29. The molecular formula is C20H17N7O. The molecule has 0 radical (unpaired) electrons. The van der Waals surface area contributed by atoms with E-state index in [0.29, 0.717) is 24.6 Å². The maximum absolute atomic E-state index is 12.5. The number of hydrogen-bond donors (Lipinski definition) is 1. The molecule has 4 aromatic rings. The first-order valence-electron chi connectivity index (χ1n) is 8.99. The second-order valence-electron chi connectivity index (χ2n) is 6.69. The van der Waals surface area contributed by atoms with E-state index < -0.39 is 0 Å². The highest BCUT2D eigenvalue weighted by Crippen LogP contribution is 2.25. The van der Waals surface area contributed by atoms with Gasteiger partial charge in [0.05, 0.1) is 23.3 Å². The molecule has 1 N–H and O–H groups in total. The number of benzene rings is 1. The van der Waals surface area contributed by atoms with Gasteiger partial charge in [-0.1, -0.05) is 18.2 Å². The van der Waals surface area contributed by atoms with Crippen LogP contribution in [0.15, 0.2) is 67.4 Å². The molecule has 1 aromatic carbocycles. The Bertz CT molecular complexity index is 1140. The van der Waals surface area contributed by atoms with E-state index in [9.17, 15) is 4.79 Å². The van der Waals surface area contributed by atoms with E-state index in [1.54, 1.807) is 17.1 Å². The lowest BCUT2D eigenvalue weighted by Gasteiger charge is -2.39. The van der Waals surface area contributed by atoms with Crippen molar-refractivity contribution in [2.75, 3.05) is 23.3 Å². The van der Waals surface area contributed by atoms with Crippen LogP contribution in [0.1, 0.15) is 0 Å². The molecule has 8 nitrogen and oxygen atoms in total. The average Bonchev–Trinajstić information content (AvgIpc) is 3.22. The van der Waals surface area contributed by atoms with E-state index >= 15 is 0 Å². The number of pyridine rings is 1. The highest BCUT2D eigenvalue weighted by atomic mass is 16.2. The van der Waals surface area contributed by atoms with E-state index in [1.807, 2.05) is 48.7 Å². The van der Waals surface area contributed by atoms with E-state index in [0.717, 1.165) is 16.7 Å². The lowest BCUT2D eigenvalue weighted by Crippen LogP contribution is -2.52. The summed E-state index contributed by atoms with van der Waals surface area (Å²) in [6.07, 6.45) is 6.74. The first-order chi connectivity index (χ1) is 13.8. The van der Waals surface area contributed by atoms with Crippen LogP contribution in [0.25, 0.3) is 16.7 Å². The Balaban J connectivity index is 1.24. The van der Waals surface area contributed by atoms with Gasteiger partial charge in [-0.2, -0.15) is 5.10 Å². The molecule has 1 saturated heterocycles. The number of hydrogen-bond acceptors (Lipinski definition) is 6. The second kappa shape index (κ2) is 6.73.